The van der Waals surface area contributed by atoms with Gasteiger partial charge in [0.05, 0.1) is 18.1 Å². The number of benzene rings is 2. The number of nitrogens with zero attached hydrogens (tertiary/aromatic N) is 2. The first-order chi connectivity index (χ1) is 16.3. The number of hydrogen-bond acceptors (Lipinski definition) is 7. The molecule has 9 nitrogen and oxygen atoms in total. The number of anilines is 2. The zero-order valence-corrected chi connectivity index (χ0v) is 19.9. The molecule has 0 radical (unpaired) electrons. The Hall–Kier alpha value is -2.95. The zero-order valence-electron chi connectivity index (χ0n) is 19.1. The van der Waals surface area contributed by atoms with Crippen molar-refractivity contribution in [3.05, 3.63) is 54.1 Å². The summed E-state index contributed by atoms with van der Waals surface area (Å²) in [5.74, 6) is -1.20. The molecule has 2 aliphatic rings. The predicted octanol–water partition coefficient (Wildman–Crippen LogP) is 2.17. The summed E-state index contributed by atoms with van der Waals surface area (Å²) < 4.78 is 37.7. The summed E-state index contributed by atoms with van der Waals surface area (Å²) >= 11 is 0. The second-order valence-corrected chi connectivity index (χ2v) is 10.3. The van der Waals surface area contributed by atoms with Crippen molar-refractivity contribution in [2.24, 2.45) is 0 Å². The molecule has 2 fully saturated rings. The van der Waals surface area contributed by atoms with Gasteiger partial charge in [0.1, 0.15) is 6.04 Å². The van der Waals surface area contributed by atoms with Gasteiger partial charge < -0.3 is 19.7 Å². The van der Waals surface area contributed by atoms with Crippen LogP contribution in [0.5, 0.6) is 0 Å². The lowest BCUT2D eigenvalue weighted by atomic mass is 10.2. The van der Waals surface area contributed by atoms with Crippen LogP contribution in [0.4, 0.5) is 11.4 Å². The molecule has 1 N–H and O–H groups in total. The van der Waals surface area contributed by atoms with E-state index in [1.807, 2.05) is 19.1 Å². The smallest absolute Gasteiger partial charge is 0.324 e. The molecule has 2 aromatic carbocycles. The number of ether oxygens (including phenoxy) is 2. The summed E-state index contributed by atoms with van der Waals surface area (Å²) in [6.45, 7) is 4.63. The average Bonchev–Trinajstić information content (AvgIpc) is 3.35. The van der Waals surface area contributed by atoms with Crippen molar-refractivity contribution < 1.29 is 27.5 Å². The van der Waals surface area contributed by atoms with E-state index in [-0.39, 0.29) is 11.4 Å². The van der Waals surface area contributed by atoms with Crippen LogP contribution in [0.15, 0.2) is 53.4 Å². The Bertz CT molecular complexity index is 1110. The fraction of sp³-hybridized carbons (Fsp3) is 0.417. The molecule has 1 amide bonds. The molecule has 0 bridgehead atoms. The van der Waals surface area contributed by atoms with Gasteiger partial charge in [0.15, 0.2) is 6.61 Å². The largest absolute Gasteiger partial charge is 0.454 e. The third-order valence-electron chi connectivity index (χ3n) is 5.98. The minimum Gasteiger partial charge on any atom is -0.454 e. The van der Waals surface area contributed by atoms with E-state index < -0.39 is 34.5 Å². The van der Waals surface area contributed by atoms with E-state index in [9.17, 15) is 18.0 Å². The van der Waals surface area contributed by atoms with E-state index in [0.717, 1.165) is 24.3 Å². The van der Waals surface area contributed by atoms with E-state index in [1.54, 1.807) is 24.3 Å². The molecule has 0 unspecified atom stereocenters. The van der Waals surface area contributed by atoms with Gasteiger partial charge in [-0.05, 0) is 56.2 Å². The number of nitrogens with one attached hydrogen (secondary N) is 1. The number of morpholine rings is 1. The molecule has 0 aliphatic carbocycles. The Morgan fingerprint density at radius 3 is 2.38 bits per heavy atom. The van der Waals surface area contributed by atoms with Crippen LogP contribution in [-0.4, -0.2) is 70.1 Å². The van der Waals surface area contributed by atoms with E-state index >= 15 is 0 Å². The lowest BCUT2D eigenvalue weighted by molar-refractivity contribution is -0.150. The van der Waals surface area contributed by atoms with Crippen molar-refractivity contribution in [2.75, 3.05) is 49.7 Å². The monoisotopic (exact) mass is 487 g/mol. The van der Waals surface area contributed by atoms with E-state index in [2.05, 4.69) is 10.2 Å². The predicted molar refractivity (Wildman–Crippen MR) is 127 cm³/mol. The molecule has 4 rings (SSSR count). The Morgan fingerprint density at radius 1 is 1.03 bits per heavy atom. The van der Waals surface area contributed by atoms with Crippen LogP contribution in [0.1, 0.15) is 18.4 Å². The normalized spacial score (nSPS) is 19.1. The van der Waals surface area contributed by atoms with Crippen LogP contribution >= 0.6 is 0 Å². The fourth-order valence-electron chi connectivity index (χ4n) is 4.12. The Morgan fingerprint density at radius 2 is 1.71 bits per heavy atom. The van der Waals surface area contributed by atoms with Gasteiger partial charge >= 0.3 is 5.97 Å². The van der Waals surface area contributed by atoms with Crippen molar-refractivity contribution in [1.29, 1.82) is 0 Å². The Labute approximate surface area is 199 Å². The van der Waals surface area contributed by atoms with Crippen molar-refractivity contribution in [3.63, 3.8) is 0 Å². The van der Waals surface area contributed by atoms with Gasteiger partial charge in [-0.3, -0.25) is 9.59 Å². The number of aryl methyl sites for hydroxylation is 1. The molecule has 2 aliphatic heterocycles. The molecule has 182 valence electrons. The molecule has 0 aromatic heterocycles. The first kappa shape index (κ1) is 24.2. The second-order valence-electron chi connectivity index (χ2n) is 8.39. The molecule has 0 spiro atoms. The number of amides is 1. The summed E-state index contributed by atoms with van der Waals surface area (Å²) in [5, 5.41) is 2.70. The molecule has 2 heterocycles. The Balaban J connectivity index is 1.31. The van der Waals surface area contributed by atoms with Crippen molar-refractivity contribution in [3.8, 4) is 0 Å². The number of rotatable bonds is 7. The standard InChI is InChI=1S/C24H29N3O6S/c1-18-4-10-21(11-5-18)34(30,31)27-12-2-3-22(27)24(29)33-17-23(28)25-19-6-8-20(9-7-19)26-13-15-32-16-14-26/h4-11,22H,2-3,12-17H2,1H3,(H,25,28)/t22-/m0/s1. The number of sulfonamides is 1. The number of carbonyl (C=O) groups is 2. The molecule has 2 saturated heterocycles. The van der Waals surface area contributed by atoms with Crippen LogP contribution in [0.2, 0.25) is 0 Å². The van der Waals surface area contributed by atoms with Crippen molar-refractivity contribution >= 4 is 33.3 Å². The SMILES string of the molecule is Cc1ccc(S(=O)(=O)N2CCC[C@H]2C(=O)OCC(=O)Nc2ccc(N3CCOCC3)cc2)cc1. The number of hydrogen-bond donors (Lipinski definition) is 1. The maximum Gasteiger partial charge on any atom is 0.324 e. The van der Waals surface area contributed by atoms with Gasteiger partial charge in [-0.2, -0.15) is 4.31 Å². The maximum atomic E-state index is 13.0. The summed E-state index contributed by atoms with van der Waals surface area (Å²) in [5.41, 5.74) is 2.57. The van der Waals surface area contributed by atoms with Gasteiger partial charge in [0, 0.05) is 31.0 Å². The third-order valence-corrected chi connectivity index (χ3v) is 7.90. The van der Waals surface area contributed by atoms with Gasteiger partial charge in [-0.25, -0.2) is 8.42 Å². The third kappa shape index (κ3) is 5.57. The number of carbonyl (C=O) groups excluding carboxylic acids is 2. The van der Waals surface area contributed by atoms with Crippen molar-refractivity contribution in [2.45, 2.75) is 30.7 Å². The highest BCUT2D eigenvalue weighted by Crippen LogP contribution is 2.27. The summed E-state index contributed by atoms with van der Waals surface area (Å²) in [6.07, 6.45) is 0.904. The summed E-state index contributed by atoms with van der Waals surface area (Å²) in [6, 6.07) is 13.0. The molecule has 1 atom stereocenters. The van der Waals surface area contributed by atoms with Gasteiger partial charge in [0.2, 0.25) is 10.0 Å². The molecular weight excluding hydrogens is 458 g/mol. The second kappa shape index (κ2) is 10.5. The highest BCUT2D eigenvalue weighted by molar-refractivity contribution is 7.89. The quantitative estimate of drug-likeness (QED) is 0.597. The lowest BCUT2D eigenvalue weighted by Gasteiger charge is -2.28. The fourth-order valence-corrected chi connectivity index (χ4v) is 5.76. The van der Waals surface area contributed by atoms with Crippen molar-refractivity contribution in [1.82, 2.24) is 4.31 Å². The van der Waals surface area contributed by atoms with Gasteiger partial charge in [-0.1, -0.05) is 17.7 Å². The molecule has 2 aromatic rings. The van der Waals surface area contributed by atoms with Crippen LogP contribution in [0.3, 0.4) is 0 Å². The highest BCUT2D eigenvalue weighted by atomic mass is 32.2. The molecule has 10 heteroatoms. The topological polar surface area (TPSA) is 105 Å². The minimum absolute atomic E-state index is 0.135. The van der Waals surface area contributed by atoms with Crippen LogP contribution in [-0.2, 0) is 29.1 Å². The Kier molecular flexibility index (Phi) is 7.50. The van der Waals surface area contributed by atoms with Crippen LogP contribution in [0.25, 0.3) is 0 Å². The van der Waals surface area contributed by atoms with Gasteiger partial charge in [0.25, 0.3) is 5.91 Å². The van der Waals surface area contributed by atoms with Crippen LogP contribution in [0, 0.1) is 6.92 Å². The highest BCUT2D eigenvalue weighted by Gasteiger charge is 2.40. The van der Waals surface area contributed by atoms with E-state index in [0.29, 0.717) is 31.7 Å². The first-order valence-electron chi connectivity index (χ1n) is 11.3. The average molecular weight is 488 g/mol. The zero-order chi connectivity index (χ0) is 24.1. The summed E-state index contributed by atoms with van der Waals surface area (Å²) in [7, 11) is -3.83. The molecule has 34 heavy (non-hydrogen) atoms. The maximum absolute atomic E-state index is 13.0. The van der Waals surface area contributed by atoms with Crippen LogP contribution < -0.4 is 10.2 Å². The number of esters is 1. The van der Waals surface area contributed by atoms with E-state index in [4.69, 9.17) is 9.47 Å². The lowest BCUT2D eigenvalue weighted by Crippen LogP contribution is -2.42. The molecular formula is C24H29N3O6S. The van der Waals surface area contributed by atoms with E-state index in [1.165, 1.54) is 16.4 Å². The summed E-state index contributed by atoms with van der Waals surface area (Å²) in [4.78, 5) is 27.3. The molecule has 0 saturated carbocycles. The minimum atomic E-state index is -3.83. The van der Waals surface area contributed by atoms with Gasteiger partial charge in [-0.15, -0.1) is 0 Å². The first-order valence-corrected chi connectivity index (χ1v) is 12.8.